The third-order valence-electron chi connectivity index (χ3n) is 4.02. The largest absolute Gasteiger partial charge is 0.302 e. The van der Waals surface area contributed by atoms with Crippen LogP contribution in [0, 0.1) is 6.92 Å². The molecule has 0 atom stereocenters. The first-order chi connectivity index (χ1) is 11.7. The number of rotatable bonds is 7. The third-order valence-corrected chi connectivity index (χ3v) is 5.07. The van der Waals surface area contributed by atoms with E-state index in [1.165, 1.54) is 11.1 Å². The lowest BCUT2D eigenvalue weighted by Crippen LogP contribution is -2.01. The lowest BCUT2D eigenvalue weighted by atomic mass is 10.1. The van der Waals surface area contributed by atoms with Crippen molar-refractivity contribution in [2.24, 2.45) is 7.05 Å². The molecule has 0 bridgehead atoms. The van der Waals surface area contributed by atoms with E-state index in [0.717, 1.165) is 41.7 Å². The van der Waals surface area contributed by atoms with Crippen molar-refractivity contribution in [3.05, 3.63) is 47.8 Å². The third kappa shape index (κ3) is 3.70. The zero-order valence-corrected chi connectivity index (χ0v) is 15.3. The van der Waals surface area contributed by atoms with Crippen LogP contribution in [0.1, 0.15) is 24.5 Å². The SMILES string of the molecule is CCn1c(SCCCc2cnn(C)c2)nnc1-c1ccccc1C. The summed E-state index contributed by atoms with van der Waals surface area (Å²) in [7, 11) is 1.95. The van der Waals surface area contributed by atoms with Crippen molar-refractivity contribution in [2.75, 3.05) is 5.75 Å². The van der Waals surface area contributed by atoms with Crippen molar-refractivity contribution in [1.82, 2.24) is 24.5 Å². The highest BCUT2D eigenvalue weighted by atomic mass is 32.2. The van der Waals surface area contributed by atoms with Gasteiger partial charge in [0.05, 0.1) is 6.20 Å². The van der Waals surface area contributed by atoms with E-state index < -0.39 is 0 Å². The van der Waals surface area contributed by atoms with E-state index in [4.69, 9.17) is 0 Å². The maximum Gasteiger partial charge on any atom is 0.191 e. The van der Waals surface area contributed by atoms with E-state index in [1.807, 2.05) is 17.9 Å². The highest BCUT2D eigenvalue weighted by Crippen LogP contribution is 2.26. The molecule has 3 rings (SSSR count). The fraction of sp³-hybridized carbons (Fsp3) is 0.389. The summed E-state index contributed by atoms with van der Waals surface area (Å²) in [5.41, 5.74) is 3.68. The van der Waals surface area contributed by atoms with Gasteiger partial charge in [-0.3, -0.25) is 4.68 Å². The molecule has 1 aromatic carbocycles. The Morgan fingerprint density at radius 1 is 1.17 bits per heavy atom. The van der Waals surface area contributed by atoms with Gasteiger partial charge in [0, 0.05) is 31.1 Å². The fourth-order valence-corrected chi connectivity index (χ4v) is 3.69. The van der Waals surface area contributed by atoms with Gasteiger partial charge >= 0.3 is 0 Å². The van der Waals surface area contributed by atoms with E-state index in [1.54, 1.807) is 11.8 Å². The van der Waals surface area contributed by atoms with Crippen LogP contribution in [0.4, 0.5) is 0 Å². The fourth-order valence-electron chi connectivity index (χ4n) is 2.74. The van der Waals surface area contributed by atoms with Crippen LogP contribution in [0.2, 0.25) is 0 Å². The van der Waals surface area contributed by atoms with Gasteiger partial charge in [-0.1, -0.05) is 36.0 Å². The number of hydrogen-bond acceptors (Lipinski definition) is 4. The minimum atomic E-state index is 0.877. The number of benzene rings is 1. The number of nitrogens with zero attached hydrogens (tertiary/aromatic N) is 5. The molecular formula is C18H23N5S. The Balaban J connectivity index is 1.65. The van der Waals surface area contributed by atoms with Gasteiger partial charge < -0.3 is 4.57 Å². The van der Waals surface area contributed by atoms with Crippen molar-refractivity contribution in [3.8, 4) is 11.4 Å². The summed E-state index contributed by atoms with van der Waals surface area (Å²) in [5.74, 6) is 1.99. The van der Waals surface area contributed by atoms with Gasteiger partial charge in [-0.2, -0.15) is 5.10 Å². The normalized spacial score (nSPS) is 11.1. The molecule has 0 fully saturated rings. The second-order valence-corrected chi connectivity index (χ2v) is 6.90. The molecule has 6 heteroatoms. The predicted octanol–water partition coefficient (Wildman–Crippen LogP) is 3.73. The molecule has 0 saturated heterocycles. The highest BCUT2D eigenvalue weighted by molar-refractivity contribution is 7.99. The summed E-state index contributed by atoms with van der Waals surface area (Å²) in [6.45, 7) is 5.14. The van der Waals surface area contributed by atoms with Crippen LogP contribution in [0.25, 0.3) is 11.4 Å². The molecule has 0 spiro atoms. The molecule has 0 saturated carbocycles. The summed E-state index contributed by atoms with van der Waals surface area (Å²) < 4.78 is 4.06. The molecule has 0 aliphatic heterocycles. The number of aryl methyl sites for hydroxylation is 3. The lowest BCUT2D eigenvalue weighted by Gasteiger charge is -2.09. The average molecular weight is 341 g/mol. The number of aromatic nitrogens is 5. The zero-order valence-electron chi connectivity index (χ0n) is 14.4. The minimum Gasteiger partial charge on any atom is -0.302 e. The zero-order chi connectivity index (χ0) is 16.9. The van der Waals surface area contributed by atoms with Gasteiger partial charge in [0.2, 0.25) is 0 Å². The molecular weight excluding hydrogens is 318 g/mol. The molecule has 3 aromatic rings. The first kappa shape index (κ1) is 16.8. The van der Waals surface area contributed by atoms with Crippen molar-refractivity contribution in [2.45, 2.75) is 38.4 Å². The van der Waals surface area contributed by atoms with Crippen LogP contribution < -0.4 is 0 Å². The first-order valence-electron chi connectivity index (χ1n) is 8.28. The maximum absolute atomic E-state index is 4.44. The molecule has 2 heterocycles. The lowest BCUT2D eigenvalue weighted by molar-refractivity contribution is 0.686. The molecule has 24 heavy (non-hydrogen) atoms. The quantitative estimate of drug-likeness (QED) is 0.485. The van der Waals surface area contributed by atoms with Crippen molar-refractivity contribution < 1.29 is 0 Å². The van der Waals surface area contributed by atoms with Gasteiger partial charge in [0.25, 0.3) is 0 Å². The van der Waals surface area contributed by atoms with Crippen molar-refractivity contribution in [1.29, 1.82) is 0 Å². The van der Waals surface area contributed by atoms with Gasteiger partial charge in [0.15, 0.2) is 11.0 Å². The number of thioether (sulfide) groups is 1. The minimum absolute atomic E-state index is 0.877. The van der Waals surface area contributed by atoms with Crippen LogP contribution in [-0.4, -0.2) is 30.3 Å². The van der Waals surface area contributed by atoms with Crippen molar-refractivity contribution >= 4 is 11.8 Å². The Hall–Kier alpha value is -2.08. The molecule has 0 aliphatic rings. The molecule has 2 aromatic heterocycles. The molecule has 0 unspecified atom stereocenters. The first-order valence-corrected chi connectivity index (χ1v) is 9.27. The summed E-state index contributed by atoms with van der Waals surface area (Å²) in [5, 5.41) is 14.1. The van der Waals surface area contributed by atoms with E-state index in [2.05, 4.69) is 64.2 Å². The Morgan fingerprint density at radius 2 is 2.00 bits per heavy atom. The van der Waals surface area contributed by atoms with Crippen LogP contribution >= 0.6 is 11.8 Å². The highest BCUT2D eigenvalue weighted by Gasteiger charge is 2.14. The van der Waals surface area contributed by atoms with E-state index in [9.17, 15) is 0 Å². The molecule has 0 N–H and O–H groups in total. The van der Waals surface area contributed by atoms with Gasteiger partial charge in [-0.15, -0.1) is 10.2 Å². The number of hydrogen-bond donors (Lipinski definition) is 0. The summed E-state index contributed by atoms with van der Waals surface area (Å²) in [4.78, 5) is 0. The van der Waals surface area contributed by atoms with Crippen LogP contribution in [0.15, 0.2) is 41.8 Å². The second-order valence-electron chi connectivity index (χ2n) is 5.84. The average Bonchev–Trinajstić information content (AvgIpc) is 3.18. The molecule has 126 valence electrons. The molecule has 5 nitrogen and oxygen atoms in total. The molecule has 0 radical (unpaired) electrons. The second kappa shape index (κ2) is 7.66. The van der Waals surface area contributed by atoms with Crippen LogP contribution in [0.5, 0.6) is 0 Å². The van der Waals surface area contributed by atoms with E-state index >= 15 is 0 Å². The predicted molar refractivity (Wildman–Crippen MR) is 98.1 cm³/mol. The molecule has 0 aliphatic carbocycles. The topological polar surface area (TPSA) is 48.5 Å². The van der Waals surface area contributed by atoms with Gasteiger partial charge in [-0.05, 0) is 37.8 Å². The summed E-state index contributed by atoms with van der Waals surface area (Å²) in [6, 6.07) is 8.34. The van der Waals surface area contributed by atoms with Crippen molar-refractivity contribution in [3.63, 3.8) is 0 Å². The maximum atomic E-state index is 4.44. The summed E-state index contributed by atoms with van der Waals surface area (Å²) >= 11 is 1.78. The Bertz CT molecular complexity index is 805. The summed E-state index contributed by atoms with van der Waals surface area (Å²) in [6.07, 6.45) is 6.17. The molecule has 0 amide bonds. The standard InChI is InChI=1S/C18H23N5S/c1-4-23-17(16-10-6-5-8-14(16)2)20-21-18(23)24-11-7-9-15-12-19-22(3)13-15/h5-6,8,10,12-13H,4,7,9,11H2,1-3H3. The van der Waals surface area contributed by atoms with Crippen LogP contribution in [-0.2, 0) is 20.0 Å². The van der Waals surface area contributed by atoms with Gasteiger partial charge in [0.1, 0.15) is 0 Å². The Morgan fingerprint density at radius 3 is 2.71 bits per heavy atom. The van der Waals surface area contributed by atoms with E-state index in [0.29, 0.717) is 0 Å². The van der Waals surface area contributed by atoms with E-state index in [-0.39, 0.29) is 0 Å². The smallest absolute Gasteiger partial charge is 0.191 e. The Kier molecular flexibility index (Phi) is 5.35. The van der Waals surface area contributed by atoms with Gasteiger partial charge in [-0.25, -0.2) is 0 Å². The Labute approximate surface area is 147 Å². The van der Waals surface area contributed by atoms with Crippen LogP contribution in [0.3, 0.4) is 0 Å². The monoisotopic (exact) mass is 341 g/mol.